The van der Waals surface area contributed by atoms with Crippen LogP contribution >= 0.6 is 0 Å². The predicted octanol–water partition coefficient (Wildman–Crippen LogP) is 2.42. The summed E-state index contributed by atoms with van der Waals surface area (Å²) in [4.78, 5) is 12.6. The van der Waals surface area contributed by atoms with Crippen LogP contribution in [0.5, 0.6) is 0 Å². The average molecular weight is 231 g/mol. The van der Waals surface area contributed by atoms with Crippen molar-refractivity contribution < 1.29 is 0 Å². The molecule has 0 aliphatic heterocycles. The van der Waals surface area contributed by atoms with Crippen molar-refractivity contribution in [3.63, 3.8) is 0 Å². The quantitative estimate of drug-likeness (QED) is 0.558. The molecule has 0 fully saturated rings. The lowest BCUT2D eigenvalue weighted by atomic mass is 10.2. The van der Waals surface area contributed by atoms with Crippen LogP contribution in [0.2, 0.25) is 0 Å². The van der Waals surface area contributed by atoms with Gasteiger partial charge in [-0.3, -0.25) is 15.0 Å². The van der Waals surface area contributed by atoms with Gasteiger partial charge in [-0.25, -0.2) is 0 Å². The molecule has 3 heteroatoms. The van der Waals surface area contributed by atoms with Gasteiger partial charge in [0.1, 0.15) is 0 Å². The first kappa shape index (κ1) is 10.4. The van der Waals surface area contributed by atoms with Crippen molar-refractivity contribution in [3.8, 4) is 11.8 Å². The molecule has 0 aromatic carbocycles. The molecule has 3 aromatic heterocycles. The molecule has 0 aliphatic rings. The van der Waals surface area contributed by atoms with Crippen LogP contribution < -0.4 is 0 Å². The molecule has 0 aliphatic carbocycles. The Balaban J connectivity index is 1.99. The van der Waals surface area contributed by atoms with Crippen LogP contribution in [-0.2, 0) is 0 Å². The Morgan fingerprint density at radius 3 is 2.56 bits per heavy atom. The van der Waals surface area contributed by atoms with Crippen LogP contribution in [-0.4, -0.2) is 15.0 Å². The summed E-state index contributed by atoms with van der Waals surface area (Å²) in [6.45, 7) is 0. The summed E-state index contributed by atoms with van der Waals surface area (Å²) < 4.78 is 0. The van der Waals surface area contributed by atoms with Gasteiger partial charge in [0.2, 0.25) is 0 Å². The molecule has 18 heavy (non-hydrogen) atoms. The third-order valence-electron chi connectivity index (χ3n) is 2.46. The Morgan fingerprint density at radius 1 is 0.778 bits per heavy atom. The van der Waals surface area contributed by atoms with Crippen molar-refractivity contribution in [1.29, 1.82) is 0 Å². The minimum Gasteiger partial charge on any atom is -0.263 e. The maximum absolute atomic E-state index is 4.31. The van der Waals surface area contributed by atoms with Gasteiger partial charge in [-0.15, -0.1) is 0 Å². The third-order valence-corrected chi connectivity index (χ3v) is 2.46. The first-order chi connectivity index (χ1) is 8.92. The monoisotopic (exact) mass is 231 g/mol. The number of fused-ring (bicyclic) bond motifs is 1. The summed E-state index contributed by atoms with van der Waals surface area (Å²) in [6, 6.07) is 9.53. The smallest absolute Gasteiger partial charge is 0.0899 e. The molecule has 0 N–H and O–H groups in total. The minimum absolute atomic E-state index is 0.852. The molecule has 0 saturated carbocycles. The van der Waals surface area contributed by atoms with E-state index in [1.165, 1.54) is 0 Å². The number of pyridine rings is 3. The molecular weight excluding hydrogens is 222 g/mol. The Bertz CT molecular complexity index is 740. The Morgan fingerprint density at radius 2 is 1.67 bits per heavy atom. The molecule has 0 bridgehead atoms. The molecule has 3 aromatic rings. The van der Waals surface area contributed by atoms with E-state index in [9.17, 15) is 0 Å². The van der Waals surface area contributed by atoms with Crippen molar-refractivity contribution in [1.82, 2.24) is 15.0 Å². The van der Waals surface area contributed by atoms with Crippen molar-refractivity contribution >= 4 is 11.0 Å². The molecule has 3 rings (SSSR count). The molecule has 3 heterocycles. The van der Waals surface area contributed by atoms with Crippen LogP contribution in [0.4, 0.5) is 0 Å². The highest BCUT2D eigenvalue weighted by Gasteiger charge is 1.95. The first-order valence-corrected chi connectivity index (χ1v) is 5.55. The van der Waals surface area contributed by atoms with Gasteiger partial charge in [-0.05, 0) is 30.3 Å². The fraction of sp³-hybridized carbons (Fsp3) is 0. The van der Waals surface area contributed by atoms with E-state index in [1.54, 1.807) is 24.8 Å². The Hall–Kier alpha value is -2.73. The topological polar surface area (TPSA) is 38.7 Å². The molecule has 0 spiro atoms. The van der Waals surface area contributed by atoms with E-state index in [4.69, 9.17) is 0 Å². The van der Waals surface area contributed by atoms with Gasteiger partial charge < -0.3 is 0 Å². The summed E-state index contributed by atoms with van der Waals surface area (Å²) in [6.07, 6.45) is 6.97. The third kappa shape index (κ3) is 2.18. The molecule has 0 saturated heterocycles. The lowest BCUT2D eigenvalue weighted by Gasteiger charge is -1.95. The normalized spacial score (nSPS) is 9.78. The summed E-state index contributed by atoms with van der Waals surface area (Å²) in [7, 11) is 0. The van der Waals surface area contributed by atoms with Crippen LogP contribution in [0.3, 0.4) is 0 Å². The molecule has 0 amide bonds. The maximum atomic E-state index is 4.31. The first-order valence-electron chi connectivity index (χ1n) is 5.55. The molecule has 3 nitrogen and oxygen atoms in total. The summed E-state index contributed by atoms with van der Waals surface area (Å²) in [5.41, 5.74) is 3.48. The number of rotatable bonds is 0. The van der Waals surface area contributed by atoms with Gasteiger partial charge in [0.05, 0.1) is 11.0 Å². The van der Waals surface area contributed by atoms with Crippen LogP contribution in [0.15, 0.2) is 55.1 Å². The summed E-state index contributed by atoms with van der Waals surface area (Å²) >= 11 is 0. The van der Waals surface area contributed by atoms with Crippen LogP contribution in [0.1, 0.15) is 11.1 Å². The van der Waals surface area contributed by atoms with Gasteiger partial charge >= 0.3 is 0 Å². The van der Waals surface area contributed by atoms with Crippen molar-refractivity contribution in [2.24, 2.45) is 0 Å². The largest absolute Gasteiger partial charge is 0.263 e. The van der Waals surface area contributed by atoms with Crippen molar-refractivity contribution in [2.45, 2.75) is 0 Å². The molecule has 84 valence electrons. The van der Waals surface area contributed by atoms with Crippen molar-refractivity contribution in [2.75, 3.05) is 0 Å². The van der Waals surface area contributed by atoms with Gasteiger partial charge in [0.25, 0.3) is 0 Å². The maximum Gasteiger partial charge on any atom is 0.0899 e. The van der Waals surface area contributed by atoms with E-state index < -0.39 is 0 Å². The van der Waals surface area contributed by atoms with E-state index in [1.807, 2.05) is 30.3 Å². The average Bonchev–Trinajstić information content (AvgIpc) is 2.46. The lowest BCUT2D eigenvalue weighted by Crippen LogP contribution is -1.84. The molecular formula is C15H9N3. The Labute approximate surface area is 105 Å². The predicted molar refractivity (Wildman–Crippen MR) is 69.8 cm³/mol. The number of nitrogens with zero attached hydrogens (tertiary/aromatic N) is 3. The number of aromatic nitrogens is 3. The van der Waals surface area contributed by atoms with E-state index in [0.29, 0.717) is 0 Å². The van der Waals surface area contributed by atoms with E-state index in [-0.39, 0.29) is 0 Å². The van der Waals surface area contributed by atoms with Crippen LogP contribution in [0, 0.1) is 11.8 Å². The standard InChI is InChI=1S/C15H9N3/c1-3-12(10-16-7-1)5-6-13-9-15-14(18-11-13)4-2-8-17-15/h1-4,7-11H. The zero-order chi connectivity index (χ0) is 12.2. The minimum atomic E-state index is 0.852. The van der Waals surface area contributed by atoms with E-state index >= 15 is 0 Å². The van der Waals surface area contributed by atoms with E-state index in [2.05, 4.69) is 26.8 Å². The SMILES string of the molecule is C(#Cc1cnc2cccnc2c1)c1cccnc1. The second-order valence-corrected chi connectivity index (χ2v) is 3.76. The lowest BCUT2D eigenvalue weighted by molar-refractivity contribution is 1.31. The summed E-state index contributed by atoms with van der Waals surface area (Å²) in [5.74, 6) is 6.11. The van der Waals surface area contributed by atoms with Gasteiger partial charge in [-0.1, -0.05) is 11.8 Å². The number of hydrogen-bond donors (Lipinski definition) is 0. The zero-order valence-corrected chi connectivity index (χ0v) is 9.54. The molecule has 0 atom stereocenters. The van der Waals surface area contributed by atoms with Crippen molar-refractivity contribution in [3.05, 3.63) is 66.2 Å². The second kappa shape index (κ2) is 4.64. The van der Waals surface area contributed by atoms with Crippen LogP contribution in [0.25, 0.3) is 11.0 Å². The summed E-state index contributed by atoms with van der Waals surface area (Å²) in [5, 5.41) is 0. The van der Waals surface area contributed by atoms with Gasteiger partial charge in [-0.2, -0.15) is 0 Å². The Kier molecular flexibility index (Phi) is 2.69. The highest BCUT2D eigenvalue weighted by atomic mass is 14.7. The van der Waals surface area contributed by atoms with Gasteiger partial charge in [0, 0.05) is 35.9 Å². The van der Waals surface area contributed by atoms with Gasteiger partial charge in [0.15, 0.2) is 0 Å². The second-order valence-electron chi connectivity index (χ2n) is 3.76. The molecule has 0 radical (unpaired) electrons. The van der Waals surface area contributed by atoms with E-state index in [0.717, 1.165) is 22.2 Å². The fourth-order valence-corrected chi connectivity index (χ4v) is 1.60. The highest BCUT2D eigenvalue weighted by Crippen LogP contribution is 2.09. The number of hydrogen-bond acceptors (Lipinski definition) is 3. The zero-order valence-electron chi connectivity index (χ0n) is 9.54. The fourth-order valence-electron chi connectivity index (χ4n) is 1.60. The highest BCUT2D eigenvalue weighted by molar-refractivity contribution is 5.74. The molecule has 0 unspecified atom stereocenters.